The van der Waals surface area contributed by atoms with E-state index >= 15 is 0 Å². The second kappa shape index (κ2) is 5.21. The Labute approximate surface area is 97.0 Å². The molecule has 0 heterocycles. The van der Waals surface area contributed by atoms with Crippen LogP contribution in [0.2, 0.25) is 10.0 Å². The minimum atomic E-state index is -1.06. The highest BCUT2D eigenvalue weighted by atomic mass is 35.5. The van der Waals surface area contributed by atoms with Crippen molar-refractivity contribution in [2.75, 3.05) is 11.9 Å². The van der Waals surface area contributed by atoms with Crippen LogP contribution >= 0.6 is 23.2 Å². The fourth-order valence-corrected chi connectivity index (χ4v) is 1.42. The van der Waals surface area contributed by atoms with Gasteiger partial charge in [-0.1, -0.05) is 23.2 Å². The number of nitrogens with two attached hydrogens (primary N) is 1. The molecular weight excluding hydrogens is 239 g/mol. The predicted octanol–water partition coefficient (Wildman–Crippen LogP) is 1.82. The molecule has 4 nitrogen and oxygen atoms in total. The molecule has 0 fully saturated rings. The first-order chi connectivity index (χ1) is 7.00. The van der Waals surface area contributed by atoms with Crippen LogP contribution in [0.15, 0.2) is 18.2 Å². The van der Waals surface area contributed by atoms with Crippen LogP contribution in [0.1, 0.15) is 0 Å². The number of nitrogens with one attached hydrogen (secondary N) is 1. The van der Waals surface area contributed by atoms with Gasteiger partial charge in [-0.2, -0.15) is 0 Å². The molecule has 0 amide bonds. The van der Waals surface area contributed by atoms with Crippen LogP contribution in [0.4, 0.5) is 5.69 Å². The van der Waals surface area contributed by atoms with Crippen LogP contribution in [-0.4, -0.2) is 23.7 Å². The van der Waals surface area contributed by atoms with Crippen molar-refractivity contribution in [3.05, 3.63) is 28.2 Å². The highest BCUT2D eigenvalue weighted by molar-refractivity contribution is 6.36. The van der Waals surface area contributed by atoms with E-state index in [1.54, 1.807) is 18.2 Å². The molecule has 1 atom stereocenters. The first kappa shape index (κ1) is 12.1. The van der Waals surface area contributed by atoms with Crippen LogP contribution in [0, 0.1) is 0 Å². The summed E-state index contributed by atoms with van der Waals surface area (Å²) in [5, 5.41) is 12.3. The lowest BCUT2D eigenvalue weighted by Crippen LogP contribution is -2.36. The van der Waals surface area contributed by atoms with Gasteiger partial charge in [-0.3, -0.25) is 4.79 Å². The molecule has 82 valence electrons. The lowest BCUT2D eigenvalue weighted by atomic mass is 10.3. The van der Waals surface area contributed by atoms with E-state index in [2.05, 4.69) is 5.32 Å². The van der Waals surface area contributed by atoms with Crippen molar-refractivity contribution in [3.63, 3.8) is 0 Å². The van der Waals surface area contributed by atoms with Crippen LogP contribution in [-0.2, 0) is 4.79 Å². The maximum atomic E-state index is 10.4. The summed E-state index contributed by atoms with van der Waals surface area (Å²) in [6, 6.07) is 3.93. The third-order valence-corrected chi connectivity index (χ3v) is 2.31. The van der Waals surface area contributed by atoms with E-state index in [1.807, 2.05) is 0 Å². The molecule has 0 aliphatic rings. The fraction of sp³-hybridized carbons (Fsp3) is 0.222. The molecule has 6 heteroatoms. The molecule has 4 N–H and O–H groups in total. The second-order valence-corrected chi connectivity index (χ2v) is 3.79. The Hall–Kier alpha value is -0.970. The lowest BCUT2D eigenvalue weighted by molar-refractivity contribution is -0.138. The minimum Gasteiger partial charge on any atom is -0.480 e. The fourth-order valence-electron chi connectivity index (χ4n) is 0.940. The normalized spacial score (nSPS) is 12.2. The number of hydrogen-bond donors (Lipinski definition) is 3. The molecule has 0 bridgehead atoms. The maximum Gasteiger partial charge on any atom is 0.322 e. The number of hydrogen-bond acceptors (Lipinski definition) is 3. The zero-order valence-corrected chi connectivity index (χ0v) is 9.22. The third-order valence-electron chi connectivity index (χ3n) is 1.76. The third kappa shape index (κ3) is 3.58. The van der Waals surface area contributed by atoms with Crippen molar-refractivity contribution < 1.29 is 9.90 Å². The van der Waals surface area contributed by atoms with Gasteiger partial charge in [-0.15, -0.1) is 0 Å². The second-order valence-electron chi connectivity index (χ2n) is 2.95. The molecule has 0 aliphatic heterocycles. The number of carboxylic acid groups (broad SMARTS) is 1. The van der Waals surface area contributed by atoms with Gasteiger partial charge in [-0.25, -0.2) is 0 Å². The lowest BCUT2D eigenvalue weighted by Gasteiger charge is -2.11. The van der Waals surface area contributed by atoms with Gasteiger partial charge < -0.3 is 16.2 Å². The summed E-state index contributed by atoms with van der Waals surface area (Å²) in [6.45, 7) is 0.108. The van der Waals surface area contributed by atoms with E-state index < -0.39 is 12.0 Å². The zero-order valence-electron chi connectivity index (χ0n) is 7.71. The highest BCUT2D eigenvalue weighted by Crippen LogP contribution is 2.25. The van der Waals surface area contributed by atoms with Crippen LogP contribution in [0.25, 0.3) is 0 Å². The van der Waals surface area contributed by atoms with Crippen LogP contribution in [0.3, 0.4) is 0 Å². The predicted molar refractivity (Wildman–Crippen MR) is 60.6 cm³/mol. The van der Waals surface area contributed by atoms with E-state index in [1.165, 1.54) is 0 Å². The average Bonchev–Trinajstić information content (AvgIpc) is 2.15. The summed E-state index contributed by atoms with van der Waals surface area (Å²) < 4.78 is 0. The number of carbonyl (C=O) groups is 1. The van der Waals surface area contributed by atoms with E-state index in [0.717, 1.165) is 0 Å². The van der Waals surface area contributed by atoms with Gasteiger partial charge in [0.05, 0.1) is 10.7 Å². The molecule has 0 aliphatic carbocycles. The number of halogens is 2. The summed E-state index contributed by atoms with van der Waals surface area (Å²) in [4.78, 5) is 10.4. The Morgan fingerprint density at radius 2 is 2.20 bits per heavy atom. The number of benzene rings is 1. The largest absolute Gasteiger partial charge is 0.480 e. The number of anilines is 1. The van der Waals surface area contributed by atoms with Crippen LogP contribution in [0.5, 0.6) is 0 Å². The molecule has 1 aromatic carbocycles. The van der Waals surface area contributed by atoms with Gasteiger partial charge in [0.1, 0.15) is 6.04 Å². The molecule has 0 spiro atoms. The van der Waals surface area contributed by atoms with E-state index in [-0.39, 0.29) is 6.54 Å². The first-order valence-corrected chi connectivity index (χ1v) is 4.93. The Kier molecular flexibility index (Phi) is 4.20. The summed E-state index contributed by atoms with van der Waals surface area (Å²) in [6.07, 6.45) is 0. The molecule has 1 rings (SSSR count). The van der Waals surface area contributed by atoms with Gasteiger partial charge in [0.25, 0.3) is 0 Å². The summed E-state index contributed by atoms with van der Waals surface area (Å²) >= 11 is 11.6. The molecule has 1 unspecified atom stereocenters. The quantitative estimate of drug-likeness (QED) is 0.760. The number of carboxylic acids is 1. The molecule has 1 aromatic rings. The van der Waals surface area contributed by atoms with E-state index in [9.17, 15) is 4.79 Å². The molecular formula is C9H10Cl2N2O2. The molecule has 0 radical (unpaired) electrons. The summed E-state index contributed by atoms with van der Waals surface area (Å²) in [7, 11) is 0. The van der Waals surface area contributed by atoms with E-state index in [4.69, 9.17) is 34.0 Å². The van der Waals surface area contributed by atoms with Gasteiger partial charge in [0.15, 0.2) is 0 Å². The summed E-state index contributed by atoms with van der Waals surface area (Å²) in [5.74, 6) is -1.06. The Bertz CT molecular complexity index is 371. The van der Waals surface area contributed by atoms with Crippen molar-refractivity contribution in [1.82, 2.24) is 0 Å². The highest BCUT2D eigenvalue weighted by Gasteiger charge is 2.11. The average molecular weight is 249 g/mol. The Morgan fingerprint density at radius 1 is 1.53 bits per heavy atom. The molecule has 0 saturated carbocycles. The summed E-state index contributed by atoms with van der Waals surface area (Å²) in [5.41, 5.74) is 5.92. The monoisotopic (exact) mass is 248 g/mol. The zero-order chi connectivity index (χ0) is 11.4. The first-order valence-electron chi connectivity index (χ1n) is 4.18. The van der Waals surface area contributed by atoms with Gasteiger partial charge in [0, 0.05) is 11.6 Å². The Morgan fingerprint density at radius 3 is 2.73 bits per heavy atom. The van der Waals surface area contributed by atoms with Crippen molar-refractivity contribution in [1.29, 1.82) is 0 Å². The maximum absolute atomic E-state index is 10.4. The van der Waals surface area contributed by atoms with Gasteiger partial charge in [-0.05, 0) is 18.2 Å². The van der Waals surface area contributed by atoms with E-state index in [0.29, 0.717) is 15.7 Å². The van der Waals surface area contributed by atoms with Crippen molar-refractivity contribution in [3.8, 4) is 0 Å². The molecule has 0 saturated heterocycles. The minimum absolute atomic E-state index is 0.108. The molecule has 15 heavy (non-hydrogen) atoms. The van der Waals surface area contributed by atoms with Crippen molar-refractivity contribution in [2.24, 2.45) is 5.73 Å². The van der Waals surface area contributed by atoms with Crippen molar-refractivity contribution >= 4 is 34.9 Å². The topological polar surface area (TPSA) is 75.3 Å². The van der Waals surface area contributed by atoms with Crippen molar-refractivity contribution in [2.45, 2.75) is 6.04 Å². The number of aliphatic carboxylic acids is 1. The van der Waals surface area contributed by atoms with Gasteiger partial charge in [0.2, 0.25) is 0 Å². The Balaban J connectivity index is 2.62. The standard InChI is InChI=1S/C9H10Cl2N2O2/c10-5-1-2-8(6(11)3-5)13-4-7(12)9(14)15/h1-3,7,13H,4,12H2,(H,14,15). The number of rotatable bonds is 4. The molecule has 0 aromatic heterocycles. The van der Waals surface area contributed by atoms with Gasteiger partial charge >= 0.3 is 5.97 Å². The SMILES string of the molecule is NC(CNc1ccc(Cl)cc1Cl)C(=O)O. The smallest absolute Gasteiger partial charge is 0.322 e. The van der Waals surface area contributed by atoms with Crippen LogP contribution < -0.4 is 11.1 Å².